The number of rotatable bonds is 8. The largest absolute Gasteiger partial charge is 0.496 e. The highest BCUT2D eigenvalue weighted by molar-refractivity contribution is 9.09. The molecular formula is C13H17BrFNO3. The highest BCUT2D eigenvalue weighted by Gasteiger charge is 2.16. The lowest BCUT2D eigenvalue weighted by molar-refractivity contribution is 0.0937. The molecule has 0 atom stereocenters. The molecule has 6 heteroatoms. The van der Waals surface area contributed by atoms with Gasteiger partial charge in [-0.15, -0.1) is 0 Å². The second-order valence-corrected chi connectivity index (χ2v) is 4.52. The minimum Gasteiger partial charge on any atom is -0.496 e. The van der Waals surface area contributed by atoms with Gasteiger partial charge in [0.2, 0.25) is 0 Å². The highest BCUT2D eigenvalue weighted by Crippen LogP contribution is 2.20. The van der Waals surface area contributed by atoms with Crippen LogP contribution in [0.15, 0.2) is 18.2 Å². The third kappa shape index (κ3) is 5.16. The van der Waals surface area contributed by atoms with Crippen LogP contribution < -0.4 is 10.1 Å². The normalized spacial score (nSPS) is 10.3. The number of hydrogen-bond donors (Lipinski definition) is 1. The molecule has 1 aromatic carbocycles. The first-order chi connectivity index (χ1) is 9.20. The van der Waals surface area contributed by atoms with E-state index in [4.69, 9.17) is 9.47 Å². The molecule has 0 aliphatic carbocycles. The van der Waals surface area contributed by atoms with E-state index < -0.39 is 11.7 Å². The zero-order valence-corrected chi connectivity index (χ0v) is 12.3. The standard InChI is InChI=1S/C13H17BrFNO3/c1-18-11-5-2-4-10(15)12(11)13(17)16-7-3-8-19-9-6-14/h2,4-5H,3,6-9H2,1H3,(H,16,17). The first-order valence-electron chi connectivity index (χ1n) is 5.95. The Hall–Kier alpha value is -1.14. The summed E-state index contributed by atoms with van der Waals surface area (Å²) in [6.07, 6.45) is 0.676. The van der Waals surface area contributed by atoms with Crippen LogP contribution in [0.5, 0.6) is 5.75 Å². The van der Waals surface area contributed by atoms with E-state index in [1.807, 2.05) is 0 Å². The van der Waals surface area contributed by atoms with Crippen molar-refractivity contribution in [2.24, 2.45) is 0 Å². The molecule has 0 spiro atoms. The third-order valence-corrected chi connectivity index (χ3v) is 2.72. The fourth-order valence-electron chi connectivity index (χ4n) is 1.52. The monoisotopic (exact) mass is 333 g/mol. The summed E-state index contributed by atoms with van der Waals surface area (Å²) in [7, 11) is 1.40. The second kappa shape index (κ2) is 8.87. The average molecular weight is 334 g/mol. The number of carbonyl (C=O) groups is 1. The molecule has 1 amide bonds. The Morgan fingerprint density at radius 2 is 2.21 bits per heavy atom. The molecule has 106 valence electrons. The summed E-state index contributed by atoms with van der Waals surface area (Å²) >= 11 is 3.25. The van der Waals surface area contributed by atoms with Crippen LogP contribution in [0.25, 0.3) is 0 Å². The Bertz CT molecular complexity index is 415. The maximum Gasteiger partial charge on any atom is 0.258 e. The van der Waals surface area contributed by atoms with E-state index >= 15 is 0 Å². The first-order valence-corrected chi connectivity index (χ1v) is 7.07. The maximum atomic E-state index is 13.6. The number of amides is 1. The lowest BCUT2D eigenvalue weighted by Gasteiger charge is -2.10. The van der Waals surface area contributed by atoms with E-state index in [-0.39, 0.29) is 11.3 Å². The van der Waals surface area contributed by atoms with Crippen LogP contribution in [0.2, 0.25) is 0 Å². The van der Waals surface area contributed by atoms with Crippen LogP contribution in [-0.4, -0.2) is 38.1 Å². The summed E-state index contributed by atoms with van der Waals surface area (Å²) in [6, 6.07) is 4.28. The first kappa shape index (κ1) is 15.9. The van der Waals surface area contributed by atoms with E-state index in [9.17, 15) is 9.18 Å². The molecule has 0 aliphatic heterocycles. The summed E-state index contributed by atoms with van der Waals surface area (Å²) in [5.74, 6) is -0.837. The molecule has 19 heavy (non-hydrogen) atoms. The van der Waals surface area contributed by atoms with Gasteiger partial charge in [0.15, 0.2) is 0 Å². The van der Waals surface area contributed by atoms with Gasteiger partial charge in [0.1, 0.15) is 17.1 Å². The molecule has 0 aliphatic rings. The van der Waals surface area contributed by atoms with Gasteiger partial charge in [-0.3, -0.25) is 4.79 Å². The van der Waals surface area contributed by atoms with Crippen molar-refractivity contribution in [1.82, 2.24) is 5.32 Å². The van der Waals surface area contributed by atoms with Crippen molar-refractivity contribution in [3.63, 3.8) is 0 Å². The number of carbonyl (C=O) groups excluding carboxylic acids is 1. The fraction of sp³-hybridized carbons (Fsp3) is 0.462. The van der Waals surface area contributed by atoms with E-state index in [2.05, 4.69) is 21.2 Å². The van der Waals surface area contributed by atoms with Crippen LogP contribution in [0.3, 0.4) is 0 Å². The summed E-state index contributed by atoms with van der Waals surface area (Å²) < 4.78 is 23.8. The van der Waals surface area contributed by atoms with Crippen LogP contribution >= 0.6 is 15.9 Å². The second-order valence-electron chi connectivity index (χ2n) is 3.73. The molecule has 4 nitrogen and oxygen atoms in total. The molecule has 1 aromatic rings. The van der Waals surface area contributed by atoms with Gasteiger partial charge in [-0.25, -0.2) is 4.39 Å². The summed E-state index contributed by atoms with van der Waals surface area (Å²) in [4.78, 5) is 11.9. The van der Waals surface area contributed by atoms with Crippen molar-refractivity contribution in [3.05, 3.63) is 29.6 Å². The summed E-state index contributed by atoms with van der Waals surface area (Å²) in [5.41, 5.74) is -0.0635. The third-order valence-electron chi connectivity index (χ3n) is 2.39. The van der Waals surface area contributed by atoms with Gasteiger partial charge in [0, 0.05) is 18.5 Å². The van der Waals surface area contributed by atoms with Crippen molar-refractivity contribution in [2.45, 2.75) is 6.42 Å². The van der Waals surface area contributed by atoms with Gasteiger partial charge >= 0.3 is 0 Å². The van der Waals surface area contributed by atoms with Crippen LogP contribution in [0.1, 0.15) is 16.8 Å². The van der Waals surface area contributed by atoms with Crippen LogP contribution in [-0.2, 0) is 4.74 Å². The van der Waals surface area contributed by atoms with E-state index in [0.717, 1.165) is 5.33 Å². The number of ether oxygens (including phenoxy) is 2. The zero-order valence-electron chi connectivity index (χ0n) is 10.7. The Morgan fingerprint density at radius 3 is 2.89 bits per heavy atom. The van der Waals surface area contributed by atoms with Crippen molar-refractivity contribution in [1.29, 1.82) is 0 Å². The molecule has 0 bridgehead atoms. The summed E-state index contributed by atoms with van der Waals surface area (Å²) in [5, 5.41) is 3.42. The number of alkyl halides is 1. The molecule has 0 unspecified atom stereocenters. The molecule has 0 saturated carbocycles. The molecule has 0 saturated heterocycles. The molecule has 1 N–H and O–H groups in total. The van der Waals surface area contributed by atoms with Gasteiger partial charge < -0.3 is 14.8 Å². The lowest BCUT2D eigenvalue weighted by atomic mass is 10.1. The highest BCUT2D eigenvalue weighted by atomic mass is 79.9. The van der Waals surface area contributed by atoms with Crippen molar-refractivity contribution < 1.29 is 18.7 Å². The predicted octanol–water partition coefficient (Wildman–Crippen LogP) is 2.37. The smallest absolute Gasteiger partial charge is 0.258 e. The Balaban J connectivity index is 2.45. The molecule has 0 heterocycles. The van der Waals surface area contributed by atoms with Crippen molar-refractivity contribution in [2.75, 3.05) is 32.2 Å². The van der Waals surface area contributed by atoms with Crippen LogP contribution in [0.4, 0.5) is 4.39 Å². The van der Waals surface area contributed by atoms with Crippen molar-refractivity contribution >= 4 is 21.8 Å². The molecule has 0 aromatic heterocycles. The number of benzene rings is 1. The fourth-order valence-corrected chi connectivity index (χ4v) is 1.74. The van der Waals surface area contributed by atoms with E-state index in [1.165, 1.54) is 19.2 Å². The maximum absolute atomic E-state index is 13.6. The Kier molecular flexibility index (Phi) is 7.43. The van der Waals surface area contributed by atoms with E-state index in [1.54, 1.807) is 6.07 Å². The molecule has 1 rings (SSSR count). The van der Waals surface area contributed by atoms with Crippen LogP contribution in [0, 0.1) is 5.82 Å². The van der Waals surface area contributed by atoms with Gasteiger partial charge in [-0.2, -0.15) is 0 Å². The predicted molar refractivity (Wildman–Crippen MR) is 74.5 cm³/mol. The topological polar surface area (TPSA) is 47.6 Å². The average Bonchev–Trinajstić information content (AvgIpc) is 2.42. The quantitative estimate of drug-likeness (QED) is 0.587. The van der Waals surface area contributed by atoms with Gasteiger partial charge in [0.25, 0.3) is 5.91 Å². The minimum atomic E-state index is -0.590. The number of nitrogens with one attached hydrogen (secondary N) is 1. The van der Waals surface area contributed by atoms with Crippen molar-refractivity contribution in [3.8, 4) is 5.75 Å². The van der Waals surface area contributed by atoms with E-state index in [0.29, 0.717) is 26.2 Å². The molecule has 0 fully saturated rings. The number of methoxy groups -OCH3 is 1. The number of halogens is 2. The minimum absolute atomic E-state index is 0.0635. The van der Waals surface area contributed by atoms with Gasteiger partial charge in [-0.05, 0) is 18.6 Å². The van der Waals surface area contributed by atoms with Gasteiger partial charge in [-0.1, -0.05) is 22.0 Å². The number of hydrogen-bond acceptors (Lipinski definition) is 3. The SMILES string of the molecule is COc1cccc(F)c1C(=O)NCCCOCCBr. The lowest BCUT2D eigenvalue weighted by Crippen LogP contribution is -2.26. The zero-order chi connectivity index (χ0) is 14.1. The Labute approximate surface area is 120 Å². The Morgan fingerprint density at radius 1 is 1.42 bits per heavy atom. The molecule has 0 radical (unpaired) electrons. The molecular weight excluding hydrogens is 317 g/mol. The summed E-state index contributed by atoms with van der Waals surface area (Å²) in [6.45, 7) is 1.62. The van der Waals surface area contributed by atoms with Gasteiger partial charge in [0.05, 0.1) is 13.7 Å².